The Kier molecular flexibility index (Phi) is 24.0. The number of likely N-dealkylation sites (tertiary alicyclic amines) is 4. The van der Waals surface area contributed by atoms with Gasteiger partial charge < -0.3 is 90.4 Å². The van der Waals surface area contributed by atoms with Crippen LogP contribution in [0.1, 0.15) is 186 Å². The third kappa shape index (κ3) is 16.9. The lowest BCUT2D eigenvalue weighted by molar-refractivity contribution is -0.136. The number of ether oxygens (including phenoxy) is 4. The third-order valence-corrected chi connectivity index (χ3v) is 24.0. The summed E-state index contributed by atoms with van der Waals surface area (Å²) in [5, 5.41) is 17.2. The smallest absolute Gasteiger partial charge is 0.407 e. The predicted octanol–water partition coefficient (Wildman–Crippen LogP) is 11.7. The minimum Gasteiger partial charge on any atom is -0.453 e. The van der Waals surface area contributed by atoms with Crippen molar-refractivity contribution in [2.45, 2.75) is 171 Å². The molecule has 9 atom stereocenters. The summed E-state index contributed by atoms with van der Waals surface area (Å²) < 4.78 is 20.3. The van der Waals surface area contributed by atoms with Crippen molar-refractivity contribution in [3.63, 3.8) is 0 Å². The van der Waals surface area contributed by atoms with Gasteiger partial charge in [0, 0.05) is 101 Å². The minimum atomic E-state index is -1.10. The summed E-state index contributed by atoms with van der Waals surface area (Å²) >= 11 is 1.45. The molecule has 6 aliphatic rings. The minimum absolute atomic E-state index is 0.144. The van der Waals surface area contributed by atoms with Crippen LogP contribution in [-0.4, -0.2) is 198 Å². The number of benzene rings is 4. The van der Waals surface area contributed by atoms with E-state index >= 15 is 0 Å². The molecule has 10 amide bonds. The van der Waals surface area contributed by atoms with E-state index in [-0.39, 0.29) is 78.3 Å². The maximum Gasteiger partial charge on any atom is 0.407 e. The van der Waals surface area contributed by atoms with Crippen molar-refractivity contribution >= 4 is 83.0 Å². The van der Waals surface area contributed by atoms with Gasteiger partial charge in [-0.1, -0.05) is 96.6 Å². The Morgan fingerprint density at radius 1 is 0.431 bits per heavy atom. The van der Waals surface area contributed by atoms with E-state index in [0.717, 1.165) is 44.9 Å². The molecular weight excluding hydrogens is 1510 g/mol. The topological polar surface area (TPSA) is 407 Å². The van der Waals surface area contributed by atoms with Crippen molar-refractivity contribution < 1.29 is 66.9 Å². The van der Waals surface area contributed by atoms with E-state index in [4.69, 9.17) is 38.9 Å². The normalized spacial score (nSPS) is 19.0. The number of aromatic amines is 4. The number of nitrogens with zero attached hydrogens (tertiary/aromatic N) is 8. The number of anilines is 2. The second kappa shape index (κ2) is 34.6. The summed E-state index contributed by atoms with van der Waals surface area (Å²) in [4.78, 5) is 178. The molecule has 0 spiro atoms. The quantitative estimate of drug-likeness (QED) is 0.0266. The molecule has 0 radical (unpaired) electrons. The highest BCUT2D eigenvalue weighted by Crippen LogP contribution is 2.44. The molecule has 33 heteroatoms. The number of H-pyrrole nitrogens is 4. The van der Waals surface area contributed by atoms with Crippen LogP contribution in [0.15, 0.2) is 107 Å². The number of hydrogen-bond donors (Lipinski definition) is 10. The molecule has 6 aliphatic heterocycles. The van der Waals surface area contributed by atoms with Gasteiger partial charge in [0.2, 0.25) is 23.6 Å². The third-order valence-electron chi connectivity index (χ3n) is 22.8. The van der Waals surface area contributed by atoms with Gasteiger partial charge in [0.15, 0.2) is 0 Å². The largest absolute Gasteiger partial charge is 0.453 e. The van der Waals surface area contributed by atoms with Crippen LogP contribution in [0.5, 0.6) is 0 Å². The number of fused-ring (bicyclic) bond motifs is 4. The van der Waals surface area contributed by atoms with Gasteiger partial charge in [0.1, 0.15) is 47.5 Å². The van der Waals surface area contributed by atoms with Gasteiger partial charge in [0.25, 0.3) is 11.8 Å². The standard InChI is InChI=1S/C83H98N18O14S/c1-42(2)66(94-80(108)112-8)76(104)98-28-11-15-60(98)70-85-39-57(89-70)49-23-25-64-53(35-49)75(103)93-55-37-51(24-26-65(55)116-64)59-41-87-72(91-59)62-17-13-30-100(62)78(106)68(44(5)6)96-83(111)115-32-27-45(7)69(97-82(110)114-10)79(107)101-31-14-18-63(101)73-84-38-56(88-73)48-20-19-46-33-47-21-22-50(36-54(47)92-74(102)52(46)34-48)58-40-86-71(90-58)61-16-12-29-99(61)77(105)67(43(3)4)95-81(109)113-9/h19-26,34-45,60-63,66-69H,11-18,27-33H2,1-10H3,(H,84,88)(H,85,89)(H,86,90)(H,87,91)(H,92,102)(H,93,103)(H,94,108)(H,95,109)(H,96,111)(H,97,110). The lowest BCUT2D eigenvalue weighted by Crippen LogP contribution is -2.52. The van der Waals surface area contributed by atoms with Crippen LogP contribution < -0.4 is 31.9 Å². The Morgan fingerprint density at radius 3 is 1.20 bits per heavy atom. The van der Waals surface area contributed by atoms with Crippen LogP contribution >= 0.6 is 11.8 Å². The van der Waals surface area contributed by atoms with E-state index in [1.807, 2.05) is 114 Å². The van der Waals surface area contributed by atoms with Crippen LogP contribution in [0.4, 0.5) is 30.6 Å². The van der Waals surface area contributed by atoms with Crippen molar-refractivity contribution in [3.8, 4) is 45.0 Å². The number of rotatable bonds is 23. The van der Waals surface area contributed by atoms with E-state index in [0.29, 0.717) is 151 Å². The van der Waals surface area contributed by atoms with Gasteiger partial charge in [-0.15, -0.1) is 0 Å². The van der Waals surface area contributed by atoms with Crippen molar-refractivity contribution in [2.24, 2.45) is 23.7 Å². The second-order valence-electron chi connectivity index (χ2n) is 31.4. The monoisotopic (exact) mass is 1600 g/mol. The summed E-state index contributed by atoms with van der Waals surface area (Å²) in [6, 6.07) is 17.6. The Balaban J connectivity index is 0.569. The summed E-state index contributed by atoms with van der Waals surface area (Å²) in [6.45, 7) is 14.6. The first-order valence-electron chi connectivity index (χ1n) is 39.6. The van der Waals surface area contributed by atoms with E-state index in [1.54, 1.807) is 51.3 Å². The van der Waals surface area contributed by atoms with Crippen LogP contribution in [0, 0.1) is 23.7 Å². The summed E-state index contributed by atoms with van der Waals surface area (Å²) in [7, 11) is 3.73. The van der Waals surface area contributed by atoms with Gasteiger partial charge in [0.05, 0.1) is 86.1 Å². The molecule has 14 rings (SSSR count). The number of alkyl carbamates (subject to hydrolysis) is 4. The summed E-state index contributed by atoms with van der Waals surface area (Å²) in [5.74, 6) is -0.701. The van der Waals surface area contributed by atoms with E-state index < -0.39 is 66.5 Å². The fourth-order valence-electron chi connectivity index (χ4n) is 16.5. The maximum absolute atomic E-state index is 14.8. The van der Waals surface area contributed by atoms with Gasteiger partial charge in [-0.2, -0.15) is 0 Å². The van der Waals surface area contributed by atoms with Crippen molar-refractivity contribution in [2.75, 3.05) is 64.7 Å². The molecule has 4 fully saturated rings. The molecule has 10 N–H and O–H groups in total. The van der Waals surface area contributed by atoms with Crippen LogP contribution in [0.25, 0.3) is 45.0 Å². The number of amides is 10. The molecule has 8 aromatic rings. The molecule has 0 bridgehead atoms. The number of hydrogen-bond acceptors (Lipinski definition) is 19. The van der Waals surface area contributed by atoms with Crippen molar-refractivity contribution in [3.05, 3.63) is 143 Å². The van der Waals surface area contributed by atoms with Crippen LogP contribution in [0.3, 0.4) is 0 Å². The fourth-order valence-corrected chi connectivity index (χ4v) is 17.4. The van der Waals surface area contributed by atoms with E-state index in [9.17, 15) is 47.9 Å². The first-order chi connectivity index (χ1) is 55.8. The average Bonchev–Trinajstić information content (AvgIpc) is 1.64. The molecule has 10 heterocycles. The second-order valence-corrected chi connectivity index (χ2v) is 32.5. The van der Waals surface area contributed by atoms with Crippen LogP contribution in [-0.2, 0) is 44.5 Å². The molecule has 610 valence electrons. The highest BCUT2D eigenvalue weighted by molar-refractivity contribution is 7.99. The number of nitrogens with one attached hydrogen (secondary N) is 10. The Labute approximate surface area is 674 Å². The molecule has 9 unspecified atom stereocenters. The fraction of sp³-hybridized carbons (Fsp3) is 0.446. The Hall–Kier alpha value is -12.0. The lowest BCUT2D eigenvalue weighted by atomic mass is 9.96. The highest BCUT2D eigenvalue weighted by Gasteiger charge is 2.43. The Morgan fingerprint density at radius 2 is 0.776 bits per heavy atom. The molecule has 4 aromatic heterocycles. The first-order valence-corrected chi connectivity index (χ1v) is 40.4. The summed E-state index contributed by atoms with van der Waals surface area (Å²) in [5.41, 5.74) is 9.15. The number of imidazole rings is 4. The zero-order chi connectivity index (χ0) is 81.9. The van der Waals surface area contributed by atoms with Gasteiger partial charge in [-0.3, -0.25) is 28.8 Å². The number of carbonyl (C=O) groups excluding carboxylic acids is 10. The number of methoxy groups -OCH3 is 3. The maximum atomic E-state index is 14.8. The zero-order valence-corrected chi connectivity index (χ0v) is 67.3. The predicted molar refractivity (Wildman–Crippen MR) is 428 cm³/mol. The number of carbonyl (C=O) groups is 10. The molecule has 4 aromatic carbocycles. The van der Waals surface area contributed by atoms with Gasteiger partial charge >= 0.3 is 24.4 Å². The molecule has 32 nitrogen and oxygen atoms in total. The highest BCUT2D eigenvalue weighted by atomic mass is 32.2. The first kappa shape index (κ1) is 80.6. The van der Waals surface area contributed by atoms with Crippen molar-refractivity contribution in [1.29, 1.82) is 0 Å². The lowest BCUT2D eigenvalue weighted by Gasteiger charge is -2.31. The molecule has 0 saturated carbocycles. The SMILES string of the molecule is COC(=O)NC(C(=O)N1CCCC1c1nc(-c2ccc3c(c2)NC(=O)c2cc(-c4c[nH]c(C5CCCN5C(=O)C(NC(=O)OC)C(C)CCOC(=O)NC(C(=O)N5CCCC5c5nc(-c6ccc7c(c6)NC(=O)c6cc(-c8c[nH]c(C9CCCN9C(=O)C(NC(=O)OC)C(C)C)n8)ccc6S7)c[nH]5)C(C)C)n4)ccc2C3)c[nH]1)C(C)C. The van der Waals surface area contributed by atoms with Crippen LogP contribution in [0.2, 0.25) is 0 Å². The molecule has 116 heavy (non-hydrogen) atoms. The van der Waals surface area contributed by atoms with Gasteiger partial charge in [-0.25, -0.2) is 39.1 Å². The van der Waals surface area contributed by atoms with E-state index in [2.05, 4.69) is 51.8 Å². The average molecular weight is 1600 g/mol. The molecular formula is C83H98N18O14S. The van der Waals surface area contributed by atoms with Gasteiger partial charge in [-0.05, 0) is 129 Å². The molecule has 4 saturated heterocycles. The van der Waals surface area contributed by atoms with E-state index in [1.165, 1.54) is 33.1 Å². The summed E-state index contributed by atoms with van der Waals surface area (Å²) in [6.07, 6.45) is 10.1. The molecule has 0 aliphatic carbocycles. The Bertz CT molecular complexity index is 5090. The number of aromatic nitrogens is 8. The zero-order valence-electron chi connectivity index (χ0n) is 66.5. The van der Waals surface area contributed by atoms with Crippen molar-refractivity contribution in [1.82, 2.24) is 80.7 Å².